The number of carbonyl (C=O) groups excluding carboxylic acids is 1. The van der Waals surface area contributed by atoms with Crippen LogP contribution in [-0.4, -0.2) is 37.5 Å². The standard InChI is InChI=1S/C18H26N2O3/c1-14(17(23-3)15(2)13-21)9-7-8-12-19-18(22)20-16-10-5-4-6-11-16/h4-11,15,17,21H,12-13H2,1-3H3,(H2,19,20,22)/b8-7+,14-9+/t15-,17+/m0/s1. The lowest BCUT2D eigenvalue weighted by Crippen LogP contribution is -2.28. The first-order valence-electron chi connectivity index (χ1n) is 7.65. The van der Waals surface area contributed by atoms with Crippen molar-refractivity contribution in [1.29, 1.82) is 0 Å². The molecule has 1 aromatic carbocycles. The Morgan fingerprint density at radius 1 is 1.35 bits per heavy atom. The van der Waals surface area contributed by atoms with Crippen LogP contribution in [0.3, 0.4) is 0 Å². The van der Waals surface area contributed by atoms with Crippen molar-refractivity contribution in [3.8, 4) is 0 Å². The molecule has 3 N–H and O–H groups in total. The van der Waals surface area contributed by atoms with Crippen LogP contribution in [0.25, 0.3) is 0 Å². The Morgan fingerprint density at radius 3 is 2.65 bits per heavy atom. The fourth-order valence-electron chi connectivity index (χ4n) is 2.19. The largest absolute Gasteiger partial charge is 0.396 e. The van der Waals surface area contributed by atoms with E-state index in [0.717, 1.165) is 11.3 Å². The first-order valence-corrected chi connectivity index (χ1v) is 7.65. The Morgan fingerprint density at radius 2 is 2.04 bits per heavy atom. The number of benzene rings is 1. The number of hydrogen-bond acceptors (Lipinski definition) is 3. The number of amides is 2. The molecule has 23 heavy (non-hydrogen) atoms. The highest BCUT2D eigenvalue weighted by atomic mass is 16.5. The molecule has 1 rings (SSSR count). The quantitative estimate of drug-likeness (QED) is 0.645. The molecule has 0 spiro atoms. The number of anilines is 1. The van der Waals surface area contributed by atoms with Crippen LogP contribution in [0.2, 0.25) is 0 Å². The third-order valence-corrected chi connectivity index (χ3v) is 3.41. The van der Waals surface area contributed by atoms with Gasteiger partial charge in [-0.15, -0.1) is 0 Å². The van der Waals surface area contributed by atoms with Crippen LogP contribution in [0.5, 0.6) is 0 Å². The Labute approximate surface area is 138 Å². The van der Waals surface area contributed by atoms with Crippen LogP contribution in [0, 0.1) is 5.92 Å². The Bertz CT molecular complexity index is 526. The van der Waals surface area contributed by atoms with Gasteiger partial charge in [-0.25, -0.2) is 4.79 Å². The number of aliphatic hydroxyl groups is 1. The van der Waals surface area contributed by atoms with Crippen molar-refractivity contribution in [3.63, 3.8) is 0 Å². The maximum atomic E-state index is 11.7. The molecule has 0 aliphatic carbocycles. The van der Waals surface area contributed by atoms with E-state index in [2.05, 4.69) is 10.6 Å². The van der Waals surface area contributed by atoms with Gasteiger partial charge < -0.3 is 20.5 Å². The monoisotopic (exact) mass is 318 g/mol. The Hall–Kier alpha value is -2.11. The number of aliphatic hydroxyl groups excluding tert-OH is 1. The molecular weight excluding hydrogens is 292 g/mol. The lowest BCUT2D eigenvalue weighted by atomic mass is 9.98. The molecule has 126 valence electrons. The van der Waals surface area contributed by atoms with Gasteiger partial charge in [0.1, 0.15) is 0 Å². The van der Waals surface area contributed by atoms with Crippen LogP contribution in [0.15, 0.2) is 54.1 Å². The minimum absolute atomic E-state index is 0.0411. The van der Waals surface area contributed by atoms with Gasteiger partial charge in [0.05, 0.1) is 6.10 Å². The zero-order valence-electron chi connectivity index (χ0n) is 14.0. The average Bonchev–Trinajstić information content (AvgIpc) is 2.55. The lowest BCUT2D eigenvalue weighted by Gasteiger charge is -2.21. The van der Waals surface area contributed by atoms with E-state index in [4.69, 9.17) is 4.74 Å². The van der Waals surface area contributed by atoms with Crippen LogP contribution in [0.4, 0.5) is 10.5 Å². The summed E-state index contributed by atoms with van der Waals surface area (Å²) in [4.78, 5) is 11.7. The molecule has 0 saturated carbocycles. The zero-order valence-corrected chi connectivity index (χ0v) is 14.0. The number of urea groups is 1. The molecule has 0 fully saturated rings. The summed E-state index contributed by atoms with van der Waals surface area (Å²) >= 11 is 0. The predicted molar refractivity (Wildman–Crippen MR) is 93.4 cm³/mol. The van der Waals surface area contributed by atoms with E-state index in [1.165, 1.54) is 0 Å². The van der Waals surface area contributed by atoms with E-state index < -0.39 is 0 Å². The second kappa shape index (κ2) is 10.6. The highest BCUT2D eigenvalue weighted by Crippen LogP contribution is 2.15. The van der Waals surface area contributed by atoms with Crippen molar-refractivity contribution in [3.05, 3.63) is 54.1 Å². The van der Waals surface area contributed by atoms with E-state index in [9.17, 15) is 9.90 Å². The molecule has 5 heteroatoms. The van der Waals surface area contributed by atoms with Gasteiger partial charge in [0.15, 0.2) is 0 Å². The smallest absolute Gasteiger partial charge is 0.319 e. The predicted octanol–water partition coefficient (Wildman–Crippen LogP) is 2.95. The Kier molecular flexibility index (Phi) is 8.72. The maximum absolute atomic E-state index is 11.7. The first kappa shape index (κ1) is 18.9. The third kappa shape index (κ3) is 7.13. The molecule has 2 amide bonds. The van der Waals surface area contributed by atoms with E-state index in [0.29, 0.717) is 6.54 Å². The fraction of sp³-hybridized carbons (Fsp3) is 0.389. The number of allylic oxidation sites excluding steroid dienone is 2. The number of hydrogen-bond donors (Lipinski definition) is 3. The van der Waals surface area contributed by atoms with E-state index in [1.807, 2.05) is 62.4 Å². The second-order valence-corrected chi connectivity index (χ2v) is 5.36. The molecule has 0 unspecified atom stereocenters. The van der Waals surface area contributed by atoms with Crippen molar-refractivity contribution in [1.82, 2.24) is 5.32 Å². The van der Waals surface area contributed by atoms with Gasteiger partial charge >= 0.3 is 6.03 Å². The summed E-state index contributed by atoms with van der Waals surface area (Å²) in [5, 5.41) is 14.7. The van der Waals surface area contributed by atoms with Gasteiger partial charge in [-0.2, -0.15) is 0 Å². The number of methoxy groups -OCH3 is 1. The molecule has 0 bridgehead atoms. The minimum atomic E-state index is -0.245. The van der Waals surface area contributed by atoms with Crippen molar-refractivity contribution in [2.45, 2.75) is 20.0 Å². The molecule has 0 heterocycles. The summed E-state index contributed by atoms with van der Waals surface area (Å²) in [5.74, 6) is 0.0411. The molecule has 0 radical (unpaired) electrons. The van der Waals surface area contributed by atoms with Gasteiger partial charge in [0, 0.05) is 31.9 Å². The lowest BCUT2D eigenvalue weighted by molar-refractivity contribution is 0.0588. The van der Waals surface area contributed by atoms with Crippen molar-refractivity contribution >= 4 is 11.7 Å². The van der Waals surface area contributed by atoms with Crippen LogP contribution < -0.4 is 10.6 Å². The van der Waals surface area contributed by atoms with Gasteiger partial charge in [0.25, 0.3) is 0 Å². The van der Waals surface area contributed by atoms with Gasteiger partial charge in [-0.3, -0.25) is 0 Å². The molecule has 0 saturated heterocycles. The number of para-hydroxylation sites is 1. The first-order chi connectivity index (χ1) is 11.1. The van der Waals surface area contributed by atoms with E-state index >= 15 is 0 Å². The van der Waals surface area contributed by atoms with Gasteiger partial charge in [-0.05, 0) is 24.6 Å². The second-order valence-electron chi connectivity index (χ2n) is 5.36. The fourth-order valence-corrected chi connectivity index (χ4v) is 2.19. The molecule has 2 atom stereocenters. The minimum Gasteiger partial charge on any atom is -0.396 e. The van der Waals surface area contributed by atoms with Gasteiger partial charge in [-0.1, -0.05) is 43.4 Å². The van der Waals surface area contributed by atoms with Crippen LogP contribution in [0.1, 0.15) is 13.8 Å². The van der Waals surface area contributed by atoms with Gasteiger partial charge in [0.2, 0.25) is 0 Å². The zero-order chi connectivity index (χ0) is 17.1. The number of carbonyl (C=O) groups is 1. The van der Waals surface area contributed by atoms with E-state index in [1.54, 1.807) is 7.11 Å². The maximum Gasteiger partial charge on any atom is 0.319 e. The molecule has 5 nitrogen and oxygen atoms in total. The summed E-state index contributed by atoms with van der Waals surface area (Å²) in [6, 6.07) is 9.03. The van der Waals surface area contributed by atoms with Crippen LogP contribution >= 0.6 is 0 Å². The van der Waals surface area contributed by atoms with E-state index in [-0.39, 0.29) is 24.7 Å². The molecule has 0 aliphatic heterocycles. The highest BCUT2D eigenvalue weighted by molar-refractivity contribution is 5.89. The summed E-state index contributed by atoms with van der Waals surface area (Å²) in [5.41, 5.74) is 1.78. The summed E-state index contributed by atoms with van der Waals surface area (Å²) in [6.07, 6.45) is 5.54. The SMILES string of the molecule is CO[C@H](/C(C)=C/C=C/CNC(=O)Nc1ccccc1)[C@@H](C)CO. The number of nitrogens with one attached hydrogen (secondary N) is 2. The topological polar surface area (TPSA) is 70.6 Å². The summed E-state index contributed by atoms with van der Waals surface area (Å²) in [6.45, 7) is 4.40. The van der Waals surface area contributed by atoms with Crippen molar-refractivity contribution < 1.29 is 14.6 Å². The Balaban J connectivity index is 2.38. The van der Waals surface area contributed by atoms with Crippen molar-refractivity contribution in [2.24, 2.45) is 5.92 Å². The third-order valence-electron chi connectivity index (χ3n) is 3.41. The molecular formula is C18H26N2O3. The average molecular weight is 318 g/mol. The van der Waals surface area contributed by atoms with Crippen LogP contribution in [-0.2, 0) is 4.74 Å². The summed E-state index contributed by atoms with van der Waals surface area (Å²) in [7, 11) is 1.63. The number of rotatable bonds is 8. The molecule has 1 aromatic rings. The molecule has 0 aliphatic rings. The van der Waals surface area contributed by atoms with Crippen molar-refractivity contribution in [2.75, 3.05) is 25.6 Å². The normalized spacial score (nSPS) is 14.5. The number of ether oxygens (including phenoxy) is 1. The molecule has 0 aromatic heterocycles. The highest BCUT2D eigenvalue weighted by Gasteiger charge is 2.16. The summed E-state index contributed by atoms with van der Waals surface area (Å²) < 4.78 is 5.38.